The van der Waals surface area contributed by atoms with Gasteiger partial charge in [-0.1, -0.05) is 25.7 Å². The zero-order valence-corrected chi connectivity index (χ0v) is 12.9. The summed E-state index contributed by atoms with van der Waals surface area (Å²) in [6.07, 6.45) is 10.1. The third kappa shape index (κ3) is 5.68. The first-order valence-electron chi connectivity index (χ1n) is 8.33. The molecule has 2 aliphatic rings. The number of aliphatic hydroxyl groups excluding tert-OH is 1. The second-order valence-corrected chi connectivity index (χ2v) is 6.41. The molecule has 4 heteroatoms. The van der Waals surface area contributed by atoms with E-state index in [1.54, 1.807) is 0 Å². The molecule has 0 radical (unpaired) electrons. The minimum Gasteiger partial charge on any atom is -0.389 e. The largest absolute Gasteiger partial charge is 0.389 e. The molecule has 2 unspecified atom stereocenters. The molecule has 0 aromatic heterocycles. The van der Waals surface area contributed by atoms with Gasteiger partial charge in [0, 0.05) is 19.2 Å². The van der Waals surface area contributed by atoms with Crippen LogP contribution in [0.4, 0.5) is 0 Å². The molecular weight excluding hydrogens is 254 g/mol. The smallest absolute Gasteiger partial charge is 0.0900 e. The Balaban J connectivity index is 1.58. The molecule has 2 fully saturated rings. The highest BCUT2D eigenvalue weighted by Crippen LogP contribution is 2.21. The Hall–Kier alpha value is -0.160. The lowest BCUT2D eigenvalue weighted by Crippen LogP contribution is -2.39. The summed E-state index contributed by atoms with van der Waals surface area (Å²) in [5, 5.41) is 10.1. The van der Waals surface area contributed by atoms with Gasteiger partial charge in [0.25, 0.3) is 0 Å². The maximum Gasteiger partial charge on any atom is 0.0900 e. The standard InChI is InChI=1S/C16H31NO3/c1-17(14-7-4-2-3-5-8-14)11-15(18)12-19-13-16-9-6-10-20-16/h14-16,18H,2-13H2,1H3. The lowest BCUT2D eigenvalue weighted by Gasteiger charge is -2.29. The zero-order chi connectivity index (χ0) is 14.2. The van der Waals surface area contributed by atoms with Gasteiger partial charge in [-0.25, -0.2) is 0 Å². The van der Waals surface area contributed by atoms with Gasteiger partial charge >= 0.3 is 0 Å². The third-order valence-corrected chi connectivity index (χ3v) is 4.58. The van der Waals surface area contributed by atoms with Gasteiger partial charge in [0.2, 0.25) is 0 Å². The Morgan fingerprint density at radius 1 is 1.15 bits per heavy atom. The molecule has 1 heterocycles. The predicted molar refractivity (Wildman–Crippen MR) is 79.9 cm³/mol. The van der Waals surface area contributed by atoms with Crippen LogP contribution in [0.3, 0.4) is 0 Å². The van der Waals surface area contributed by atoms with Crippen molar-refractivity contribution >= 4 is 0 Å². The molecule has 4 nitrogen and oxygen atoms in total. The number of ether oxygens (including phenoxy) is 2. The minimum absolute atomic E-state index is 0.252. The van der Waals surface area contributed by atoms with E-state index in [9.17, 15) is 5.11 Å². The van der Waals surface area contributed by atoms with Gasteiger partial charge in [-0.3, -0.25) is 0 Å². The minimum atomic E-state index is -0.385. The van der Waals surface area contributed by atoms with Crippen molar-refractivity contribution in [1.82, 2.24) is 4.90 Å². The van der Waals surface area contributed by atoms with Crippen LogP contribution in [-0.4, -0.2) is 61.7 Å². The normalized spacial score (nSPS) is 26.9. The molecule has 1 aliphatic carbocycles. The van der Waals surface area contributed by atoms with Crippen molar-refractivity contribution in [2.45, 2.75) is 69.6 Å². The van der Waals surface area contributed by atoms with Crippen molar-refractivity contribution in [1.29, 1.82) is 0 Å². The highest BCUT2D eigenvalue weighted by atomic mass is 16.5. The number of likely N-dealkylation sites (N-methyl/N-ethyl adjacent to an activating group) is 1. The van der Waals surface area contributed by atoms with Crippen molar-refractivity contribution < 1.29 is 14.6 Å². The van der Waals surface area contributed by atoms with E-state index >= 15 is 0 Å². The van der Waals surface area contributed by atoms with E-state index in [1.165, 1.54) is 38.5 Å². The van der Waals surface area contributed by atoms with Crippen LogP contribution in [0.1, 0.15) is 51.4 Å². The lowest BCUT2D eigenvalue weighted by atomic mass is 10.1. The molecule has 2 rings (SSSR count). The number of rotatable bonds is 7. The summed E-state index contributed by atoms with van der Waals surface area (Å²) >= 11 is 0. The summed E-state index contributed by atoms with van der Waals surface area (Å²) in [4.78, 5) is 2.32. The maximum atomic E-state index is 10.1. The fourth-order valence-electron chi connectivity index (χ4n) is 3.34. The number of hydrogen-bond donors (Lipinski definition) is 1. The summed E-state index contributed by atoms with van der Waals surface area (Å²) in [5.74, 6) is 0. The molecule has 0 bridgehead atoms. The van der Waals surface area contributed by atoms with Crippen molar-refractivity contribution in [3.8, 4) is 0 Å². The highest BCUT2D eigenvalue weighted by Gasteiger charge is 2.20. The Morgan fingerprint density at radius 3 is 2.55 bits per heavy atom. The first-order chi connectivity index (χ1) is 9.75. The number of nitrogens with zero attached hydrogens (tertiary/aromatic N) is 1. The fraction of sp³-hybridized carbons (Fsp3) is 1.00. The first kappa shape index (κ1) is 16.2. The molecule has 0 aromatic rings. The summed E-state index contributed by atoms with van der Waals surface area (Å²) < 4.78 is 11.1. The molecule has 1 aliphatic heterocycles. The van der Waals surface area contributed by atoms with Crippen molar-refractivity contribution in [2.24, 2.45) is 0 Å². The summed E-state index contributed by atoms with van der Waals surface area (Å²) in [5.41, 5.74) is 0. The average Bonchev–Trinajstić information content (AvgIpc) is 2.78. The van der Waals surface area contributed by atoms with Crippen LogP contribution in [0, 0.1) is 0 Å². The van der Waals surface area contributed by atoms with Crippen LogP contribution in [0.25, 0.3) is 0 Å². The average molecular weight is 285 g/mol. The fourth-order valence-corrected chi connectivity index (χ4v) is 3.34. The van der Waals surface area contributed by atoms with Gasteiger partial charge in [-0.2, -0.15) is 0 Å². The van der Waals surface area contributed by atoms with Gasteiger partial charge in [0.1, 0.15) is 0 Å². The Labute approximate surface area is 123 Å². The SMILES string of the molecule is CN(CC(O)COCC1CCCO1)C1CCCCCC1. The Bertz CT molecular complexity index is 248. The van der Waals surface area contributed by atoms with E-state index in [-0.39, 0.29) is 12.2 Å². The molecule has 0 amide bonds. The van der Waals surface area contributed by atoms with Gasteiger partial charge < -0.3 is 19.5 Å². The molecule has 1 saturated carbocycles. The Morgan fingerprint density at radius 2 is 1.90 bits per heavy atom. The van der Waals surface area contributed by atoms with Crippen LogP contribution in [0.15, 0.2) is 0 Å². The topological polar surface area (TPSA) is 41.9 Å². The second kappa shape index (κ2) is 8.98. The van der Waals surface area contributed by atoms with E-state index in [0.29, 0.717) is 19.3 Å². The summed E-state index contributed by atoms with van der Waals surface area (Å²) in [7, 11) is 2.14. The van der Waals surface area contributed by atoms with Crippen LogP contribution < -0.4 is 0 Å². The van der Waals surface area contributed by atoms with Crippen LogP contribution >= 0.6 is 0 Å². The number of aliphatic hydroxyl groups is 1. The van der Waals surface area contributed by atoms with Gasteiger partial charge in [0.05, 0.1) is 25.4 Å². The summed E-state index contributed by atoms with van der Waals surface area (Å²) in [6, 6.07) is 0.644. The molecule has 2 atom stereocenters. The summed E-state index contributed by atoms with van der Waals surface area (Å²) in [6.45, 7) is 2.64. The molecule has 0 spiro atoms. The zero-order valence-electron chi connectivity index (χ0n) is 12.9. The van der Waals surface area contributed by atoms with E-state index in [0.717, 1.165) is 26.0 Å². The molecule has 0 aromatic carbocycles. The van der Waals surface area contributed by atoms with Crippen LogP contribution in [0.2, 0.25) is 0 Å². The van der Waals surface area contributed by atoms with Crippen molar-refractivity contribution in [3.05, 3.63) is 0 Å². The molecule has 118 valence electrons. The monoisotopic (exact) mass is 285 g/mol. The van der Waals surface area contributed by atoms with Crippen molar-refractivity contribution in [3.63, 3.8) is 0 Å². The lowest BCUT2D eigenvalue weighted by molar-refractivity contribution is -0.0266. The second-order valence-electron chi connectivity index (χ2n) is 6.41. The van der Waals surface area contributed by atoms with Gasteiger partial charge in [0.15, 0.2) is 0 Å². The van der Waals surface area contributed by atoms with Crippen LogP contribution in [-0.2, 0) is 9.47 Å². The highest BCUT2D eigenvalue weighted by molar-refractivity contribution is 4.74. The van der Waals surface area contributed by atoms with Crippen LogP contribution in [0.5, 0.6) is 0 Å². The molecule has 20 heavy (non-hydrogen) atoms. The quantitative estimate of drug-likeness (QED) is 0.728. The number of hydrogen-bond acceptors (Lipinski definition) is 4. The molecule has 1 N–H and O–H groups in total. The Kier molecular flexibility index (Phi) is 7.28. The predicted octanol–water partition coefficient (Wildman–Crippen LogP) is 2.20. The molecule has 1 saturated heterocycles. The van der Waals surface area contributed by atoms with E-state index < -0.39 is 0 Å². The first-order valence-corrected chi connectivity index (χ1v) is 8.33. The van der Waals surface area contributed by atoms with E-state index in [1.807, 2.05) is 0 Å². The third-order valence-electron chi connectivity index (χ3n) is 4.58. The van der Waals surface area contributed by atoms with Crippen molar-refractivity contribution in [2.75, 3.05) is 33.4 Å². The van der Waals surface area contributed by atoms with Gasteiger partial charge in [-0.05, 0) is 32.7 Å². The van der Waals surface area contributed by atoms with E-state index in [4.69, 9.17) is 9.47 Å². The van der Waals surface area contributed by atoms with E-state index in [2.05, 4.69) is 11.9 Å². The molecular formula is C16H31NO3. The maximum absolute atomic E-state index is 10.1. The van der Waals surface area contributed by atoms with Gasteiger partial charge in [-0.15, -0.1) is 0 Å².